The Morgan fingerprint density at radius 1 is 0.426 bits per heavy atom. The molecule has 2 heterocycles. The minimum absolute atomic E-state index is 0.0327. The molecule has 0 amide bonds. The third kappa shape index (κ3) is 9.67. The molecule has 0 bridgehead atoms. The Labute approximate surface area is 287 Å². The first-order valence-electron chi connectivity index (χ1n) is 19.5. The molecule has 0 aromatic heterocycles. The molecule has 5 rings (SSSR count). The molecular formula is C41H60B2O4. The summed E-state index contributed by atoms with van der Waals surface area (Å²) in [5, 5.41) is 0. The Morgan fingerprint density at radius 3 is 1.09 bits per heavy atom. The van der Waals surface area contributed by atoms with E-state index in [4.69, 9.17) is 18.6 Å². The van der Waals surface area contributed by atoms with Crippen LogP contribution >= 0.6 is 0 Å². The second-order valence-electron chi connectivity index (χ2n) is 14.3. The molecule has 0 spiro atoms. The highest BCUT2D eigenvalue weighted by Crippen LogP contribution is 2.53. The second kappa shape index (κ2) is 19.3. The van der Waals surface area contributed by atoms with E-state index in [1.54, 1.807) is 25.0 Å². The summed E-state index contributed by atoms with van der Waals surface area (Å²) in [6.07, 6.45) is 36.1. The van der Waals surface area contributed by atoms with Gasteiger partial charge in [-0.3, -0.25) is 0 Å². The van der Waals surface area contributed by atoms with Gasteiger partial charge in [0.05, 0.1) is 25.0 Å². The van der Waals surface area contributed by atoms with E-state index in [9.17, 15) is 0 Å². The lowest BCUT2D eigenvalue weighted by atomic mass is 9.67. The van der Waals surface area contributed by atoms with Crippen molar-refractivity contribution >= 4 is 25.2 Å². The zero-order valence-corrected chi connectivity index (χ0v) is 29.6. The lowest BCUT2D eigenvalue weighted by molar-refractivity contribution is 0.396. The highest BCUT2D eigenvalue weighted by molar-refractivity contribution is 6.62. The fourth-order valence-electron chi connectivity index (χ4n) is 8.11. The first-order chi connectivity index (χ1) is 23.3. The van der Waals surface area contributed by atoms with Gasteiger partial charge in [-0.2, -0.15) is 0 Å². The fraction of sp³-hybridized carbons (Fsp3) is 0.610. The maximum Gasteiger partial charge on any atom is 0.632 e. The van der Waals surface area contributed by atoms with Gasteiger partial charge in [-0.15, -0.1) is 0 Å². The van der Waals surface area contributed by atoms with Crippen LogP contribution in [-0.4, -0.2) is 14.2 Å². The normalized spacial score (nSPS) is 15.4. The van der Waals surface area contributed by atoms with Gasteiger partial charge in [-0.1, -0.05) is 179 Å². The van der Waals surface area contributed by atoms with Gasteiger partial charge in [0.2, 0.25) is 0 Å². The molecule has 0 saturated heterocycles. The molecule has 0 saturated carbocycles. The third-order valence-corrected chi connectivity index (χ3v) is 10.8. The molecule has 0 unspecified atom stereocenters. The van der Waals surface area contributed by atoms with Crippen LogP contribution in [0.25, 0.3) is 11.1 Å². The molecule has 6 heteroatoms. The van der Waals surface area contributed by atoms with Crippen LogP contribution in [0.3, 0.4) is 0 Å². The Bertz CT molecular complexity index is 1160. The average Bonchev–Trinajstić information content (AvgIpc) is 3.88. The molecule has 254 valence electrons. The van der Waals surface area contributed by atoms with Crippen molar-refractivity contribution in [1.29, 1.82) is 0 Å². The van der Waals surface area contributed by atoms with Crippen molar-refractivity contribution in [3.8, 4) is 11.1 Å². The zero-order valence-electron chi connectivity index (χ0n) is 29.6. The summed E-state index contributed by atoms with van der Waals surface area (Å²) in [6.45, 7) is 4.60. The lowest BCUT2D eigenvalue weighted by Crippen LogP contribution is -2.35. The third-order valence-electron chi connectivity index (χ3n) is 10.8. The van der Waals surface area contributed by atoms with Gasteiger partial charge >= 0.3 is 14.2 Å². The Kier molecular flexibility index (Phi) is 14.6. The van der Waals surface area contributed by atoms with Crippen LogP contribution in [0.2, 0.25) is 0 Å². The molecule has 2 aromatic rings. The first-order valence-corrected chi connectivity index (χ1v) is 19.5. The van der Waals surface area contributed by atoms with Crippen molar-refractivity contribution in [3.05, 3.63) is 72.6 Å². The summed E-state index contributed by atoms with van der Waals surface area (Å²) in [4.78, 5) is 0. The highest BCUT2D eigenvalue weighted by Gasteiger charge is 2.44. The Balaban J connectivity index is 1.31. The van der Waals surface area contributed by atoms with Crippen LogP contribution in [0.1, 0.15) is 166 Å². The number of unbranched alkanes of at least 4 members (excludes halogenated alkanes) is 18. The number of hydrogen-bond acceptors (Lipinski definition) is 4. The predicted molar refractivity (Wildman–Crippen MR) is 199 cm³/mol. The van der Waals surface area contributed by atoms with Crippen LogP contribution in [-0.2, 0) is 24.0 Å². The quantitative estimate of drug-likeness (QED) is 0.0847. The van der Waals surface area contributed by atoms with Crippen molar-refractivity contribution in [2.45, 2.75) is 161 Å². The molecule has 0 fully saturated rings. The standard InChI is InChI=1S/C41H60B2O4/c1-3-5-7-9-11-13-15-17-19-21-27-41(28-22-20-18-16-14-12-10-8-6-4-2)39-33-35(42-44-29-30-45-42)23-25-37(39)38-26-24-36(34-40(38)41)43-46-31-32-47-43/h23-26,29-34H,3-22,27-28H2,1-2H3. The van der Waals surface area contributed by atoms with E-state index in [1.165, 1.54) is 164 Å². The maximum absolute atomic E-state index is 5.82. The molecular weight excluding hydrogens is 578 g/mol. The molecule has 3 aliphatic rings. The highest BCUT2D eigenvalue weighted by atomic mass is 16.6. The molecule has 2 aliphatic heterocycles. The van der Waals surface area contributed by atoms with Gasteiger partial charge in [0.15, 0.2) is 0 Å². The van der Waals surface area contributed by atoms with E-state index < -0.39 is 0 Å². The molecule has 4 nitrogen and oxygen atoms in total. The molecule has 2 aromatic carbocycles. The molecule has 47 heavy (non-hydrogen) atoms. The largest absolute Gasteiger partial charge is 0.632 e. The summed E-state index contributed by atoms with van der Waals surface area (Å²) >= 11 is 0. The van der Waals surface area contributed by atoms with E-state index in [2.05, 4.69) is 50.2 Å². The monoisotopic (exact) mass is 638 g/mol. The number of hydrogen-bond donors (Lipinski definition) is 0. The van der Waals surface area contributed by atoms with Gasteiger partial charge in [0, 0.05) is 16.3 Å². The van der Waals surface area contributed by atoms with Gasteiger partial charge < -0.3 is 18.6 Å². The van der Waals surface area contributed by atoms with Crippen LogP contribution in [0.15, 0.2) is 61.4 Å². The van der Waals surface area contributed by atoms with E-state index in [0.717, 1.165) is 10.9 Å². The van der Waals surface area contributed by atoms with Crippen molar-refractivity contribution in [2.24, 2.45) is 0 Å². The van der Waals surface area contributed by atoms with Crippen LogP contribution in [0.4, 0.5) is 0 Å². The number of rotatable bonds is 24. The minimum atomic E-state index is -0.363. The second-order valence-corrected chi connectivity index (χ2v) is 14.3. The Morgan fingerprint density at radius 2 is 0.745 bits per heavy atom. The molecule has 0 atom stereocenters. The van der Waals surface area contributed by atoms with E-state index in [-0.39, 0.29) is 19.7 Å². The zero-order chi connectivity index (χ0) is 32.6. The molecule has 0 N–H and O–H groups in total. The average molecular weight is 639 g/mol. The van der Waals surface area contributed by atoms with Gasteiger partial charge in [-0.05, 0) is 35.1 Å². The summed E-state index contributed by atoms with van der Waals surface area (Å²) in [6, 6.07) is 13.8. The van der Waals surface area contributed by atoms with Crippen LogP contribution < -0.4 is 10.9 Å². The summed E-state index contributed by atoms with van der Waals surface area (Å²) in [5.74, 6) is 0. The first kappa shape index (κ1) is 35.6. The van der Waals surface area contributed by atoms with Crippen molar-refractivity contribution in [3.63, 3.8) is 0 Å². The predicted octanol–water partition coefficient (Wildman–Crippen LogP) is 11.0. The van der Waals surface area contributed by atoms with Gasteiger partial charge in [-0.25, -0.2) is 0 Å². The van der Waals surface area contributed by atoms with Crippen molar-refractivity contribution in [2.75, 3.05) is 0 Å². The van der Waals surface area contributed by atoms with Gasteiger partial charge in [0.25, 0.3) is 0 Å². The van der Waals surface area contributed by atoms with E-state index >= 15 is 0 Å². The number of fused-ring (bicyclic) bond motifs is 3. The smallest absolute Gasteiger partial charge is 0.525 e. The lowest BCUT2D eigenvalue weighted by Gasteiger charge is -2.33. The molecule has 0 radical (unpaired) electrons. The topological polar surface area (TPSA) is 36.9 Å². The summed E-state index contributed by atoms with van der Waals surface area (Å²) in [5.41, 5.74) is 7.82. The fourth-order valence-corrected chi connectivity index (χ4v) is 8.11. The number of benzene rings is 2. The summed E-state index contributed by atoms with van der Waals surface area (Å²) in [7, 11) is -0.725. The molecule has 1 aliphatic carbocycles. The van der Waals surface area contributed by atoms with Crippen molar-refractivity contribution in [1.82, 2.24) is 0 Å². The van der Waals surface area contributed by atoms with Crippen LogP contribution in [0, 0.1) is 0 Å². The Hall–Kier alpha value is -2.75. The van der Waals surface area contributed by atoms with E-state index in [0.29, 0.717) is 0 Å². The summed E-state index contributed by atoms with van der Waals surface area (Å²) < 4.78 is 23.3. The maximum atomic E-state index is 5.82. The van der Waals surface area contributed by atoms with Crippen LogP contribution in [0.5, 0.6) is 0 Å². The SMILES string of the molecule is CCCCCCCCCCCCC1(CCCCCCCCCCCC)c2cc(B3OC=CO3)ccc2-c2ccc(B3OC=CO3)cc21. The minimum Gasteiger partial charge on any atom is -0.525 e. The van der Waals surface area contributed by atoms with E-state index in [1.807, 2.05) is 0 Å². The van der Waals surface area contributed by atoms with Crippen molar-refractivity contribution < 1.29 is 18.6 Å². The van der Waals surface area contributed by atoms with Gasteiger partial charge in [0.1, 0.15) is 0 Å².